The molecule has 1 aliphatic carbocycles. The van der Waals surface area contributed by atoms with E-state index in [0.717, 1.165) is 43.9 Å². The first kappa shape index (κ1) is 15.2. The van der Waals surface area contributed by atoms with Crippen molar-refractivity contribution in [2.75, 3.05) is 11.9 Å². The van der Waals surface area contributed by atoms with Gasteiger partial charge < -0.3 is 11.1 Å². The van der Waals surface area contributed by atoms with Crippen LogP contribution in [-0.2, 0) is 0 Å². The van der Waals surface area contributed by atoms with E-state index in [1.807, 2.05) is 0 Å². The lowest BCUT2D eigenvalue weighted by atomic mass is 9.83. The van der Waals surface area contributed by atoms with Crippen LogP contribution in [0.25, 0.3) is 0 Å². The van der Waals surface area contributed by atoms with Crippen molar-refractivity contribution in [3.63, 3.8) is 0 Å². The lowest BCUT2D eigenvalue weighted by Crippen LogP contribution is -2.25. The molecule has 21 heavy (non-hydrogen) atoms. The molecule has 0 atom stereocenters. The number of guanidine groups is 1. The molecule has 0 heterocycles. The number of nitriles is 1. The van der Waals surface area contributed by atoms with Gasteiger partial charge in [0.25, 0.3) is 0 Å². The van der Waals surface area contributed by atoms with Crippen molar-refractivity contribution < 1.29 is 8.78 Å². The molecule has 4 nitrogen and oxygen atoms in total. The number of aliphatic imine (C=N–C) groups is 1. The summed E-state index contributed by atoms with van der Waals surface area (Å²) in [5.74, 6) is -0.498. The fourth-order valence-electron chi connectivity index (χ4n) is 2.47. The van der Waals surface area contributed by atoms with Gasteiger partial charge in [-0.05, 0) is 43.7 Å². The molecule has 0 bridgehead atoms. The molecule has 1 fully saturated rings. The lowest BCUT2D eigenvalue weighted by molar-refractivity contribution is 0.322. The van der Waals surface area contributed by atoms with Crippen LogP contribution < -0.4 is 11.1 Å². The standard InChI is InChI=1S/C15H18F2N4/c16-12-5-6-13(17)14(7-12)21-15(19)20-9-11-3-1-10(8-18)2-4-11/h5-7,10-11H,1-4,9H2,(H3,19,20,21). The number of nitrogens with one attached hydrogen (secondary N) is 1. The van der Waals surface area contributed by atoms with Crippen LogP contribution in [0, 0.1) is 34.8 Å². The molecule has 0 aliphatic heterocycles. The molecular formula is C15H18F2N4. The van der Waals surface area contributed by atoms with Crippen LogP contribution in [0.15, 0.2) is 23.2 Å². The van der Waals surface area contributed by atoms with Crippen LogP contribution in [-0.4, -0.2) is 12.5 Å². The Hall–Kier alpha value is -2.16. The monoisotopic (exact) mass is 292 g/mol. The van der Waals surface area contributed by atoms with Gasteiger partial charge in [-0.2, -0.15) is 5.26 Å². The summed E-state index contributed by atoms with van der Waals surface area (Å²) in [6.07, 6.45) is 3.68. The summed E-state index contributed by atoms with van der Waals surface area (Å²) in [6, 6.07) is 5.40. The first-order chi connectivity index (χ1) is 10.1. The van der Waals surface area contributed by atoms with E-state index in [4.69, 9.17) is 11.0 Å². The number of hydrogen-bond donors (Lipinski definition) is 2. The average molecular weight is 292 g/mol. The van der Waals surface area contributed by atoms with Gasteiger partial charge in [0, 0.05) is 18.5 Å². The Labute approximate surface area is 122 Å². The van der Waals surface area contributed by atoms with E-state index < -0.39 is 11.6 Å². The van der Waals surface area contributed by atoms with E-state index in [2.05, 4.69) is 16.4 Å². The fourth-order valence-corrected chi connectivity index (χ4v) is 2.47. The van der Waals surface area contributed by atoms with Crippen molar-refractivity contribution in [2.24, 2.45) is 22.6 Å². The summed E-state index contributed by atoms with van der Waals surface area (Å²) >= 11 is 0. The van der Waals surface area contributed by atoms with E-state index >= 15 is 0 Å². The van der Waals surface area contributed by atoms with Crippen LogP contribution in [0.5, 0.6) is 0 Å². The van der Waals surface area contributed by atoms with E-state index in [1.54, 1.807) is 0 Å². The highest BCUT2D eigenvalue weighted by Gasteiger charge is 2.20. The maximum atomic E-state index is 13.4. The highest BCUT2D eigenvalue weighted by molar-refractivity contribution is 5.92. The number of nitrogens with two attached hydrogens (primary N) is 1. The van der Waals surface area contributed by atoms with Crippen LogP contribution in [0.1, 0.15) is 25.7 Å². The van der Waals surface area contributed by atoms with Crippen LogP contribution >= 0.6 is 0 Å². The Bertz CT molecular complexity index is 557. The predicted molar refractivity (Wildman–Crippen MR) is 77.5 cm³/mol. The molecule has 112 valence electrons. The molecule has 1 aliphatic rings. The van der Waals surface area contributed by atoms with Gasteiger partial charge in [-0.15, -0.1) is 0 Å². The number of halogens is 2. The van der Waals surface area contributed by atoms with E-state index in [0.29, 0.717) is 12.5 Å². The minimum atomic E-state index is -0.580. The first-order valence-corrected chi connectivity index (χ1v) is 7.00. The molecule has 3 N–H and O–H groups in total. The van der Waals surface area contributed by atoms with Gasteiger partial charge in [-0.1, -0.05) is 0 Å². The van der Waals surface area contributed by atoms with Gasteiger partial charge in [0.1, 0.15) is 11.6 Å². The van der Waals surface area contributed by atoms with Crippen LogP contribution in [0.3, 0.4) is 0 Å². The Kier molecular flexibility index (Phi) is 5.09. The minimum Gasteiger partial charge on any atom is -0.370 e. The van der Waals surface area contributed by atoms with Gasteiger partial charge in [0.2, 0.25) is 0 Å². The largest absolute Gasteiger partial charge is 0.370 e. The molecule has 0 amide bonds. The normalized spacial score (nSPS) is 22.6. The van der Waals surface area contributed by atoms with Crippen molar-refractivity contribution in [3.05, 3.63) is 29.8 Å². The van der Waals surface area contributed by atoms with Crippen molar-refractivity contribution in [2.45, 2.75) is 25.7 Å². The third-order valence-electron chi connectivity index (χ3n) is 3.74. The molecule has 1 aromatic rings. The van der Waals surface area contributed by atoms with Gasteiger partial charge in [0.15, 0.2) is 5.96 Å². The Morgan fingerprint density at radius 3 is 2.71 bits per heavy atom. The molecule has 0 spiro atoms. The number of benzene rings is 1. The number of rotatable bonds is 3. The van der Waals surface area contributed by atoms with E-state index in [1.165, 1.54) is 0 Å². The van der Waals surface area contributed by atoms with Gasteiger partial charge in [-0.3, -0.25) is 4.99 Å². The third kappa shape index (κ3) is 4.42. The summed E-state index contributed by atoms with van der Waals surface area (Å²) in [4.78, 5) is 4.18. The highest BCUT2D eigenvalue weighted by Crippen LogP contribution is 2.28. The van der Waals surface area contributed by atoms with Crippen LogP contribution in [0.2, 0.25) is 0 Å². The molecule has 1 saturated carbocycles. The maximum Gasteiger partial charge on any atom is 0.193 e. The maximum absolute atomic E-state index is 13.4. The van der Waals surface area contributed by atoms with Gasteiger partial charge in [-0.25, -0.2) is 8.78 Å². The molecule has 0 radical (unpaired) electrons. The quantitative estimate of drug-likeness (QED) is 0.664. The second kappa shape index (κ2) is 7.02. The van der Waals surface area contributed by atoms with Crippen LogP contribution in [0.4, 0.5) is 14.5 Å². The molecule has 2 rings (SSSR count). The fraction of sp³-hybridized carbons (Fsp3) is 0.467. The number of hydrogen-bond acceptors (Lipinski definition) is 2. The Morgan fingerprint density at radius 1 is 1.33 bits per heavy atom. The van der Waals surface area contributed by atoms with Crippen molar-refractivity contribution in [1.29, 1.82) is 5.26 Å². The molecule has 0 saturated heterocycles. The molecule has 0 aromatic heterocycles. The summed E-state index contributed by atoms with van der Waals surface area (Å²) in [6.45, 7) is 0.536. The zero-order valence-electron chi connectivity index (χ0n) is 11.6. The van der Waals surface area contributed by atoms with Gasteiger partial charge >= 0.3 is 0 Å². The predicted octanol–water partition coefficient (Wildman–Crippen LogP) is 3.02. The zero-order chi connectivity index (χ0) is 15.2. The second-order valence-corrected chi connectivity index (χ2v) is 5.32. The highest BCUT2D eigenvalue weighted by atomic mass is 19.1. The van der Waals surface area contributed by atoms with Crippen molar-refractivity contribution in [3.8, 4) is 6.07 Å². The SMILES string of the molecule is N#CC1CCC(CN=C(N)Nc2cc(F)ccc2F)CC1. The number of anilines is 1. The van der Waals surface area contributed by atoms with Crippen molar-refractivity contribution >= 4 is 11.6 Å². The second-order valence-electron chi connectivity index (χ2n) is 5.32. The molecule has 1 aromatic carbocycles. The zero-order valence-corrected chi connectivity index (χ0v) is 11.6. The minimum absolute atomic E-state index is 0.0237. The summed E-state index contributed by atoms with van der Waals surface area (Å²) in [5.41, 5.74) is 5.67. The average Bonchev–Trinajstić information content (AvgIpc) is 2.49. The Balaban J connectivity index is 1.87. The Morgan fingerprint density at radius 2 is 2.05 bits per heavy atom. The smallest absolute Gasteiger partial charge is 0.193 e. The molecule has 0 unspecified atom stereocenters. The first-order valence-electron chi connectivity index (χ1n) is 7.00. The molecule has 6 heteroatoms. The summed E-state index contributed by atoms with van der Waals surface area (Å²) < 4.78 is 26.5. The summed E-state index contributed by atoms with van der Waals surface area (Å²) in [7, 11) is 0. The molecular weight excluding hydrogens is 274 g/mol. The topological polar surface area (TPSA) is 74.2 Å². The van der Waals surface area contributed by atoms with Gasteiger partial charge in [0.05, 0.1) is 11.8 Å². The van der Waals surface area contributed by atoms with E-state index in [9.17, 15) is 8.78 Å². The summed E-state index contributed by atoms with van der Waals surface area (Å²) in [5, 5.41) is 11.4. The van der Waals surface area contributed by atoms with E-state index in [-0.39, 0.29) is 17.6 Å². The number of nitrogens with zero attached hydrogens (tertiary/aromatic N) is 2. The lowest BCUT2D eigenvalue weighted by Gasteiger charge is -2.23. The van der Waals surface area contributed by atoms with Crippen molar-refractivity contribution in [1.82, 2.24) is 0 Å². The third-order valence-corrected chi connectivity index (χ3v) is 3.74.